The lowest BCUT2D eigenvalue weighted by Crippen LogP contribution is -2.09. The molecular weight excluding hydrogens is 244 g/mol. The van der Waals surface area contributed by atoms with E-state index in [-0.39, 0.29) is 0 Å². The van der Waals surface area contributed by atoms with Gasteiger partial charge in [0.05, 0.1) is 0 Å². The molecule has 0 amide bonds. The van der Waals surface area contributed by atoms with Crippen molar-refractivity contribution < 1.29 is 0 Å². The Hall–Kier alpha value is -1.83. The molecule has 0 saturated carbocycles. The molecule has 2 rings (SSSR count). The maximum Gasteiger partial charge on any atom is 0.0389 e. The molecule has 1 aromatic rings. The third-order valence-corrected chi connectivity index (χ3v) is 3.54. The minimum Gasteiger partial charge on any atom is -0.378 e. The van der Waals surface area contributed by atoms with E-state index in [1.54, 1.807) is 0 Å². The second-order valence-electron chi connectivity index (χ2n) is 5.38. The molecular formula is C18H24N2. The third kappa shape index (κ3) is 3.60. The number of nitrogens with zero attached hydrogens (tertiary/aromatic N) is 2. The van der Waals surface area contributed by atoms with Crippen LogP contribution in [0.4, 0.5) is 5.69 Å². The van der Waals surface area contributed by atoms with Crippen molar-refractivity contribution in [2.45, 2.75) is 26.2 Å². The minimum absolute atomic E-state index is 0.916. The van der Waals surface area contributed by atoms with Crippen LogP contribution >= 0.6 is 0 Å². The van der Waals surface area contributed by atoms with E-state index in [0.717, 1.165) is 19.4 Å². The molecule has 1 aliphatic carbocycles. The van der Waals surface area contributed by atoms with E-state index in [4.69, 9.17) is 0 Å². The van der Waals surface area contributed by atoms with Gasteiger partial charge in [-0.2, -0.15) is 0 Å². The predicted octanol–water partition coefficient (Wildman–Crippen LogP) is 4.31. The van der Waals surface area contributed by atoms with E-state index in [2.05, 4.69) is 67.3 Å². The van der Waals surface area contributed by atoms with Gasteiger partial charge in [0, 0.05) is 38.1 Å². The van der Waals surface area contributed by atoms with E-state index in [9.17, 15) is 0 Å². The first-order valence-electron chi connectivity index (χ1n) is 7.39. The molecule has 0 fully saturated rings. The molecule has 1 aromatic carbocycles. The summed E-state index contributed by atoms with van der Waals surface area (Å²) in [5.41, 5.74) is 5.13. The lowest BCUT2D eigenvalue weighted by atomic mass is 9.98. The highest BCUT2D eigenvalue weighted by atomic mass is 15.1. The van der Waals surface area contributed by atoms with E-state index in [0.29, 0.717) is 0 Å². The molecule has 20 heavy (non-hydrogen) atoms. The summed E-state index contributed by atoms with van der Waals surface area (Å²) in [5, 5.41) is 0. The fourth-order valence-electron chi connectivity index (χ4n) is 2.29. The Kier molecular flexibility index (Phi) is 5.16. The first kappa shape index (κ1) is 14.6. The van der Waals surface area contributed by atoms with Crippen LogP contribution in [0.25, 0.3) is 5.57 Å². The van der Waals surface area contributed by atoms with Gasteiger partial charge >= 0.3 is 0 Å². The Bertz CT molecular complexity index is 536. The van der Waals surface area contributed by atoms with Crippen molar-refractivity contribution in [1.29, 1.82) is 0 Å². The van der Waals surface area contributed by atoms with Crippen molar-refractivity contribution >= 4 is 17.5 Å². The second kappa shape index (κ2) is 7.09. The van der Waals surface area contributed by atoms with Crippen molar-refractivity contribution in [3.8, 4) is 0 Å². The number of rotatable bonds is 6. The van der Waals surface area contributed by atoms with E-state index in [1.165, 1.54) is 28.8 Å². The summed E-state index contributed by atoms with van der Waals surface area (Å²) >= 11 is 0. The number of anilines is 1. The Morgan fingerprint density at radius 2 is 2.15 bits per heavy atom. The number of aliphatic imine (C=N–C) groups is 1. The zero-order valence-electron chi connectivity index (χ0n) is 12.8. The average Bonchev–Trinajstić information content (AvgIpc) is 2.97. The molecule has 0 aliphatic heterocycles. The summed E-state index contributed by atoms with van der Waals surface area (Å²) in [6.07, 6.45) is 11.9. The first-order chi connectivity index (χ1) is 9.72. The molecule has 1 aliphatic rings. The summed E-state index contributed by atoms with van der Waals surface area (Å²) in [7, 11) is 4.15. The molecule has 0 aromatic heterocycles. The Morgan fingerprint density at radius 1 is 1.30 bits per heavy atom. The van der Waals surface area contributed by atoms with Gasteiger partial charge in [-0.15, -0.1) is 0 Å². The van der Waals surface area contributed by atoms with Gasteiger partial charge in [0.25, 0.3) is 0 Å². The molecule has 2 heteroatoms. The topological polar surface area (TPSA) is 15.6 Å². The van der Waals surface area contributed by atoms with Crippen molar-refractivity contribution in [3.05, 3.63) is 47.6 Å². The van der Waals surface area contributed by atoms with Gasteiger partial charge in [-0.05, 0) is 36.1 Å². The molecule has 106 valence electrons. The van der Waals surface area contributed by atoms with Crippen LogP contribution in [-0.2, 0) is 0 Å². The molecule has 0 atom stereocenters. The van der Waals surface area contributed by atoms with Crippen LogP contribution in [-0.4, -0.2) is 26.9 Å². The molecule has 0 saturated heterocycles. The molecule has 0 unspecified atom stereocenters. The van der Waals surface area contributed by atoms with Crippen LogP contribution in [0.15, 0.2) is 41.4 Å². The second-order valence-corrected chi connectivity index (χ2v) is 5.38. The molecule has 0 heterocycles. The summed E-state index contributed by atoms with van der Waals surface area (Å²) in [6.45, 7) is 3.11. The fourth-order valence-corrected chi connectivity index (χ4v) is 2.29. The van der Waals surface area contributed by atoms with Gasteiger partial charge < -0.3 is 4.90 Å². The number of unbranched alkanes of at least 4 members (excludes halogenated alkanes) is 1. The Morgan fingerprint density at radius 3 is 2.80 bits per heavy atom. The van der Waals surface area contributed by atoms with Gasteiger partial charge in [0.1, 0.15) is 0 Å². The van der Waals surface area contributed by atoms with Gasteiger partial charge in [-0.3, -0.25) is 4.99 Å². The summed E-state index contributed by atoms with van der Waals surface area (Å²) in [4.78, 5) is 6.71. The lowest BCUT2D eigenvalue weighted by molar-refractivity contribution is 0.810. The zero-order chi connectivity index (χ0) is 14.4. The summed E-state index contributed by atoms with van der Waals surface area (Å²) < 4.78 is 0. The highest BCUT2D eigenvalue weighted by Gasteiger charge is 2.09. The van der Waals surface area contributed by atoms with Crippen molar-refractivity contribution in [3.63, 3.8) is 0 Å². The van der Waals surface area contributed by atoms with Crippen molar-refractivity contribution in [1.82, 2.24) is 0 Å². The normalized spacial score (nSPS) is 14.1. The van der Waals surface area contributed by atoms with Crippen molar-refractivity contribution in [2.75, 3.05) is 25.5 Å². The largest absolute Gasteiger partial charge is 0.378 e. The third-order valence-electron chi connectivity index (χ3n) is 3.54. The molecule has 0 bridgehead atoms. The zero-order valence-corrected chi connectivity index (χ0v) is 12.8. The summed E-state index contributed by atoms with van der Waals surface area (Å²) in [6, 6.07) is 6.62. The quantitative estimate of drug-likeness (QED) is 0.554. The standard InChI is InChI=1S/C18H24N2/c1-4-5-12-19-14-16-13-17(20(2)3)10-11-18(16)15-8-6-7-9-15/h6-8,10-11,13-14H,4-5,9,12H2,1-3H3. The van der Waals surface area contributed by atoms with E-state index < -0.39 is 0 Å². The van der Waals surface area contributed by atoms with Crippen LogP contribution < -0.4 is 4.90 Å². The van der Waals surface area contributed by atoms with Gasteiger partial charge in [-0.1, -0.05) is 37.6 Å². The van der Waals surface area contributed by atoms with Crippen LogP contribution in [0.2, 0.25) is 0 Å². The summed E-state index contributed by atoms with van der Waals surface area (Å²) in [5.74, 6) is 0. The average molecular weight is 268 g/mol. The van der Waals surface area contributed by atoms with Crippen LogP contribution in [0.1, 0.15) is 37.3 Å². The molecule has 2 nitrogen and oxygen atoms in total. The van der Waals surface area contributed by atoms with Crippen LogP contribution in [0.3, 0.4) is 0 Å². The molecule has 0 spiro atoms. The Labute approximate surface area is 122 Å². The van der Waals surface area contributed by atoms with E-state index in [1.807, 2.05) is 6.21 Å². The first-order valence-corrected chi connectivity index (χ1v) is 7.39. The molecule has 0 N–H and O–H groups in total. The van der Waals surface area contributed by atoms with Crippen molar-refractivity contribution in [2.24, 2.45) is 4.99 Å². The number of hydrogen-bond acceptors (Lipinski definition) is 2. The van der Waals surface area contributed by atoms with Gasteiger partial charge in [0.2, 0.25) is 0 Å². The maximum absolute atomic E-state index is 4.57. The smallest absolute Gasteiger partial charge is 0.0389 e. The highest BCUT2D eigenvalue weighted by molar-refractivity contribution is 5.91. The number of hydrogen-bond donors (Lipinski definition) is 0. The fraction of sp³-hybridized carbons (Fsp3) is 0.389. The predicted molar refractivity (Wildman–Crippen MR) is 89.9 cm³/mol. The highest BCUT2D eigenvalue weighted by Crippen LogP contribution is 2.28. The van der Waals surface area contributed by atoms with Crippen LogP contribution in [0.5, 0.6) is 0 Å². The number of allylic oxidation sites excluding steroid dienone is 4. The number of benzene rings is 1. The van der Waals surface area contributed by atoms with Gasteiger partial charge in [0.15, 0.2) is 0 Å². The minimum atomic E-state index is 0.916. The molecule has 0 radical (unpaired) electrons. The lowest BCUT2D eigenvalue weighted by Gasteiger charge is -2.15. The maximum atomic E-state index is 4.57. The monoisotopic (exact) mass is 268 g/mol. The Balaban J connectivity index is 2.28. The SMILES string of the molecule is CCCCN=Cc1cc(N(C)C)ccc1C1=CC=CC1. The van der Waals surface area contributed by atoms with Gasteiger partial charge in [-0.25, -0.2) is 0 Å². The van der Waals surface area contributed by atoms with Crippen LogP contribution in [0, 0.1) is 0 Å². The van der Waals surface area contributed by atoms with E-state index >= 15 is 0 Å².